The maximum absolute atomic E-state index is 12.9. The van der Waals surface area contributed by atoms with E-state index in [-0.39, 0.29) is 18.4 Å². The van der Waals surface area contributed by atoms with Crippen molar-refractivity contribution in [1.82, 2.24) is 4.90 Å². The Bertz CT molecular complexity index is 768. The maximum Gasteiger partial charge on any atom is 0.308 e. The van der Waals surface area contributed by atoms with E-state index in [1.165, 1.54) is 0 Å². The summed E-state index contributed by atoms with van der Waals surface area (Å²) in [5.74, 6) is -1.26. The molecule has 0 bridgehead atoms. The van der Waals surface area contributed by atoms with E-state index in [2.05, 4.69) is 0 Å². The standard InChI is InChI=1S/C19H21NO3/c1-12-7-8-16(15-6-4-3-5-14(12)15)18(21)20-10-9-13(2)17(11-20)19(22)23/h3-8,13,17H,9-11H2,1-2H3,(H,22,23). The van der Waals surface area contributed by atoms with E-state index < -0.39 is 11.9 Å². The summed E-state index contributed by atoms with van der Waals surface area (Å²) in [7, 11) is 0. The number of aryl methyl sites for hydroxylation is 1. The summed E-state index contributed by atoms with van der Waals surface area (Å²) in [4.78, 5) is 26.0. The molecule has 1 fully saturated rings. The molecule has 4 heteroatoms. The molecule has 2 aromatic carbocycles. The molecule has 1 aliphatic heterocycles. The Morgan fingerprint density at radius 1 is 1.13 bits per heavy atom. The summed E-state index contributed by atoms with van der Waals surface area (Å²) in [6.07, 6.45) is 0.729. The monoisotopic (exact) mass is 311 g/mol. The average Bonchev–Trinajstić information content (AvgIpc) is 2.55. The van der Waals surface area contributed by atoms with Gasteiger partial charge in [-0.2, -0.15) is 0 Å². The van der Waals surface area contributed by atoms with Crippen LogP contribution in [0.15, 0.2) is 36.4 Å². The summed E-state index contributed by atoms with van der Waals surface area (Å²) in [6, 6.07) is 11.7. The van der Waals surface area contributed by atoms with Gasteiger partial charge < -0.3 is 10.0 Å². The number of likely N-dealkylation sites (tertiary alicyclic amines) is 1. The number of hydrogen-bond acceptors (Lipinski definition) is 2. The Hall–Kier alpha value is -2.36. The van der Waals surface area contributed by atoms with Gasteiger partial charge in [0, 0.05) is 18.7 Å². The van der Waals surface area contributed by atoms with Gasteiger partial charge in [-0.3, -0.25) is 9.59 Å². The van der Waals surface area contributed by atoms with Crippen LogP contribution in [0.3, 0.4) is 0 Å². The summed E-state index contributed by atoms with van der Waals surface area (Å²) in [5.41, 5.74) is 1.79. The lowest BCUT2D eigenvalue weighted by Crippen LogP contribution is -2.45. The molecule has 0 saturated carbocycles. The van der Waals surface area contributed by atoms with Crippen LogP contribution < -0.4 is 0 Å². The number of carbonyl (C=O) groups is 2. The first kappa shape index (κ1) is 15.5. The van der Waals surface area contributed by atoms with E-state index in [1.54, 1.807) is 4.90 Å². The first-order valence-corrected chi connectivity index (χ1v) is 7.99. The molecule has 1 aliphatic rings. The Morgan fingerprint density at radius 2 is 1.83 bits per heavy atom. The number of fused-ring (bicyclic) bond motifs is 1. The molecule has 23 heavy (non-hydrogen) atoms. The number of carboxylic acids is 1. The molecule has 2 aromatic rings. The lowest BCUT2D eigenvalue weighted by atomic mass is 9.86. The molecule has 0 radical (unpaired) electrons. The molecule has 1 saturated heterocycles. The van der Waals surface area contributed by atoms with Gasteiger partial charge in [-0.05, 0) is 41.7 Å². The molecule has 1 amide bonds. The topological polar surface area (TPSA) is 57.6 Å². The van der Waals surface area contributed by atoms with E-state index in [0.29, 0.717) is 12.1 Å². The van der Waals surface area contributed by atoms with Crippen molar-refractivity contribution >= 4 is 22.6 Å². The molecule has 4 nitrogen and oxygen atoms in total. The third-order valence-electron chi connectivity index (χ3n) is 4.94. The van der Waals surface area contributed by atoms with Crippen LogP contribution in [-0.2, 0) is 4.79 Å². The lowest BCUT2D eigenvalue weighted by Gasteiger charge is -2.35. The molecule has 1 heterocycles. The number of nitrogens with zero attached hydrogens (tertiary/aromatic N) is 1. The predicted molar refractivity (Wildman–Crippen MR) is 89.5 cm³/mol. The number of piperidine rings is 1. The zero-order valence-electron chi connectivity index (χ0n) is 13.5. The van der Waals surface area contributed by atoms with E-state index in [4.69, 9.17) is 0 Å². The van der Waals surface area contributed by atoms with Crippen LogP contribution in [0.25, 0.3) is 10.8 Å². The highest BCUT2D eigenvalue weighted by molar-refractivity contribution is 6.07. The normalized spacial score (nSPS) is 21.4. The van der Waals surface area contributed by atoms with Gasteiger partial charge in [0.1, 0.15) is 0 Å². The second-order valence-corrected chi connectivity index (χ2v) is 6.44. The fourth-order valence-electron chi connectivity index (χ4n) is 3.38. The highest BCUT2D eigenvalue weighted by Gasteiger charge is 2.34. The van der Waals surface area contributed by atoms with Crippen molar-refractivity contribution in [1.29, 1.82) is 0 Å². The van der Waals surface area contributed by atoms with Crippen LogP contribution in [0, 0.1) is 18.8 Å². The second-order valence-electron chi connectivity index (χ2n) is 6.44. The van der Waals surface area contributed by atoms with Crippen LogP contribution in [0.1, 0.15) is 29.3 Å². The predicted octanol–water partition coefficient (Wildman–Crippen LogP) is 3.33. The summed E-state index contributed by atoms with van der Waals surface area (Å²) < 4.78 is 0. The van der Waals surface area contributed by atoms with Crippen LogP contribution in [0.4, 0.5) is 0 Å². The molecular weight excluding hydrogens is 290 g/mol. The highest BCUT2D eigenvalue weighted by Crippen LogP contribution is 2.27. The van der Waals surface area contributed by atoms with Crippen molar-refractivity contribution in [2.45, 2.75) is 20.3 Å². The Kier molecular flexibility index (Phi) is 4.07. The number of aliphatic carboxylic acids is 1. The first-order valence-electron chi connectivity index (χ1n) is 7.99. The maximum atomic E-state index is 12.9. The van der Waals surface area contributed by atoms with E-state index >= 15 is 0 Å². The van der Waals surface area contributed by atoms with Gasteiger partial charge in [0.05, 0.1) is 5.92 Å². The van der Waals surface area contributed by atoms with E-state index in [1.807, 2.05) is 50.2 Å². The number of amides is 1. The first-order chi connectivity index (χ1) is 11.0. The SMILES string of the molecule is Cc1ccc(C(=O)N2CCC(C)C(C(=O)O)C2)c2ccccc12. The summed E-state index contributed by atoms with van der Waals surface area (Å²) in [6.45, 7) is 4.88. The Balaban J connectivity index is 1.95. The van der Waals surface area contributed by atoms with Crippen molar-refractivity contribution in [2.75, 3.05) is 13.1 Å². The third-order valence-corrected chi connectivity index (χ3v) is 4.94. The molecule has 3 rings (SSSR count). The van der Waals surface area contributed by atoms with Gasteiger partial charge >= 0.3 is 5.97 Å². The lowest BCUT2D eigenvalue weighted by molar-refractivity contribution is -0.145. The molecule has 0 aromatic heterocycles. The number of benzene rings is 2. The Labute approximate surface area is 135 Å². The van der Waals surface area contributed by atoms with Crippen molar-refractivity contribution in [2.24, 2.45) is 11.8 Å². The van der Waals surface area contributed by atoms with Gasteiger partial charge in [-0.1, -0.05) is 37.3 Å². The minimum atomic E-state index is -0.816. The van der Waals surface area contributed by atoms with Gasteiger partial charge in [-0.25, -0.2) is 0 Å². The van der Waals surface area contributed by atoms with Gasteiger partial charge in [0.15, 0.2) is 0 Å². The molecule has 0 spiro atoms. The van der Waals surface area contributed by atoms with E-state index in [0.717, 1.165) is 22.8 Å². The van der Waals surface area contributed by atoms with Gasteiger partial charge in [0.2, 0.25) is 0 Å². The van der Waals surface area contributed by atoms with Crippen LogP contribution in [-0.4, -0.2) is 35.0 Å². The Morgan fingerprint density at radius 3 is 2.52 bits per heavy atom. The number of rotatable bonds is 2. The van der Waals surface area contributed by atoms with Gasteiger partial charge in [-0.15, -0.1) is 0 Å². The number of carbonyl (C=O) groups excluding carboxylic acids is 1. The van der Waals surface area contributed by atoms with Crippen molar-refractivity contribution in [3.8, 4) is 0 Å². The minimum Gasteiger partial charge on any atom is -0.481 e. The number of hydrogen-bond donors (Lipinski definition) is 1. The van der Waals surface area contributed by atoms with Crippen LogP contribution in [0.5, 0.6) is 0 Å². The molecule has 120 valence electrons. The minimum absolute atomic E-state index is 0.0700. The van der Waals surface area contributed by atoms with Crippen molar-refractivity contribution in [3.05, 3.63) is 47.5 Å². The second kappa shape index (κ2) is 6.03. The largest absolute Gasteiger partial charge is 0.481 e. The summed E-state index contributed by atoms with van der Waals surface area (Å²) >= 11 is 0. The smallest absolute Gasteiger partial charge is 0.308 e. The number of carboxylic acid groups (broad SMARTS) is 1. The molecule has 0 aliphatic carbocycles. The third kappa shape index (κ3) is 2.81. The molecule has 2 atom stereocenters. The molecule has 1 N–H and O–H groups in total. The van der Waals surface area contributed by atoms with Crippen molar-refractivity contribution in [3.63, 3.8) is 0 Å². The zero-order valence-corrected chi connectivity index (χ0v) is 13.5. The zero-order chi connectivity index (χ0) is 16.6. The fraction of sp³-hybridized carbons (Fsp3) is 0.368. The quantitative estimate of drug-likeness (QED) is 0.925. The molecule has 2 unspecified atom stereocenters. The van der Waals surface area contributed by atoms with Gasteiger partial charge in [0.25, 0.3) is 5.91 Å². The van der Waals surface area contributed by atoms with E-state index in [9.17, 15) is 14.7 Å². The average molecular weight is 311 g/mol. The van der Waals surface area contributed by atoms with Crippen LogP contribution >= 0.6 is 0 Å². The van der Waals surface area contributed by atoms with Crippen LogP contribution in [0.2, 0.25) is 0 Å². The fourth-order valence-corrected chi connectivity index (χ4v) is 3.38. The summed E-state index contributed by atoms with van der Waals surface area (Å²) in [5, 5.41) is 11.4. The van der Waals surface area contributed by atoms with Crippen molar-refractivity contribution < 1.29 is 14.7 Å². The molecular formula is C19H21NO3. The highest BCUT2D eigenvalue weighted by atomic mass is 16.4.